The minimum atomic E-state index is -0.827. The van der Waals surface area contributed by atoms with E-state index in [1.807, 2.05) is 13.8 Å². The molecule has 0 saturated heterocycles. The first-order chi connectivity index (χ1) is 12.3. The van der Waals surface area contributed by atoms with Crippen molar-refractivity contribution in [3.63, 3.8) is 0 Å². The molecule has 2 amide bonds. The molecule has 0 aliphatic heterocycles. The molecule has 0 radical (unpaired) electrons. The van der Waals surface area contributed by atoms with Crippen LogP contribution in [0.3, 0.4) is 0 Å². The predicted molar refractivity (Wildman–Crippen MR) is 101 cm³/mol. The summed E-state index contributed by atoms with van der Waals surface area (Å²) in [5, 5.41) is 2.68. The molecule has 1 N–H and O–H groups in total. The molecule has 6 heteroatoms. The van der Waals surface area contributed by atoms with Crippen LogP contribution in [-0.4, -0.2) is 48.4 Å². The summed E-state index contributed by atoms with van der Waals surface area (Å²) in [7, 11) is 0. The van der Waals surface area contributed by atoms with E-state index in [9.17, 15) is 14.4 Å². The van der Waals surface area contributed by atoms with Gasteiger partial charge in [0.05, 0.1) is 0 Å². The lowest BCUT2D eigenvalue weighted by atomic mass is 10.0. The average molecular weight is 360 g/mol. The summed E-state index contributed by atoms with van der Waals surface area (Å²) in [4.78, 5) is 38.4. The van der Waals surface area contributed by atoms with Crippen LogP contribution in [0.5, 0.6) is 0 Å². The fraction of sp³-hybridized carbons (Fsp3) is 0.450. The van der Waals surface area contributed by atoms with Crippen LogP contribution in [0, 0.1) is 5.92 Å². The molecule has 26 heavy (non-hydrogen) atoms. The molecule has 0 aromatic heterocycles. The van der Waals surface area contributed by atoms with Gasteiger partial charge in [0.1, 0.15) is 6.04 Å². The third-order valence-corrected chi connectivity index (χ3v) is 3.78. The van der Waals surface area contributed by atoms with Crippen LogP contribution >= 0.6 is 0 Å². The zero-order valence-corrected chi connectivity index (χ0v) is 16.0. The summed E-state index contributed by atoms with van der Waals surface area (Å²) >= 11 is 0. The highest BCUT2D eigenvalue weighted by Gasteiger charge is 2.27. The van der Waals surface area contributed by atoms with Gasteiger partial charge < -0.3 is 15.0 Å². The summed E-state index contributed by atoms with van der Waals surface area (Å²) in [6.07, 6.45) is 0. The van der Waals surface area contributed by atoms with E-state index in [0.717, 1.165) is 5.57 Å². The molecule has 1 aromatic rings. The Hall–Kier alpha value is -2.63. The molecule has 1 atom stereocenters. The van der Waals surface area contributed by atoms with E-state index in [-0.39, 0.29) is 24.3 Å². The Labute approximate surface area is 155 Å². The van der Waals surface area contributed by atoms with Crippen molar-refractivity contribution in [2.75, 3.05) is 19.7 Å². The van der Waals surface area contributed by atoms with Crippen LogP contribution < -0.4 is 5.32 Å². The van der Waals surface area contributed by atoms with Crippen molar-refractivity contribution in [1.82, 2.24) is 10.2 Å². The molecule has 1 rings (SSSR count). The number of nitrogens with one attached hydrogen (secondary N) is 1. The normalized spacial score (nSPS) is 11.6. The van der Waals surface area contributed by atoms with Crippen LogP contribution in [-0.2, 0) is 14.3 Å². The number of ether oxygens (including phenoxy) is 1. The van der Waals surface area contributed by atoms with Gasteiger partial charge >= 0.3 is 5.97 Å². The summed E-state index contributed by atoms with van der Waals surface area (Å²) in [6, 6.07) is 7.80. The zero-order chi connectivity index (χ0) is 19.7. The van der Waals surface area contributed by atoms with Crippen molar-refractivity contribution >= 4 is 17.8 Å². The molecule has 0 aliphatic rings. The van der Waals surface area contributed by atoms with Crippen LogP contribution in [0.1, 0.15) is 38.1 Å². The van der Waals surface area contributed by atoms with Crippen molar-refractivity contribution in [3.05, 3.63) is 48.0 Å². The van der Waals surface area contributed by atoms with Crippen LogP contribution in [0.2, 0.25) is 0 Å². The zero-order valence-electron chi connectivity index (χ0n) is 16.0. The first kappa shape index (κ1) is 21.4. The minimum Gasteiger partial charge on any atom is -0.454 e. The van der Waals surface area contributed by atoms with E-state index < -0.39 is 12.0 Å². The number of hydrogen-bond donors (Lipinski definition) is 1. The average Bonchev–Trinajstić information content (AvgIpc) is 2.61. The Morgan fingerprint density at radius 2 is 1.81 bits per heavy atom. The van der Waals surface area contributed by atoms with Crippen molar-refractivity contribution in [1.29, 1.82) is 0 Å². The largest absolute Gasteiger partial charge is 0.454 e. The highest BCUT2D eigenvalue weighted by Crippen LogP contribution is 2.07. The number of rotatable bonds is 9. The molecule has 6 nitrogen and oxygen atoms in total. The number of carbonyl (C=O) groups excluding carboxylic acids is 3. The predicted octanol–water partition coefficient (Wildman–Crippen LogP) is 2.41. The summed E-state index contributed by atoms with van der Waals surface area (Å²) in [6.45, 7) is 11.6. The third kappa shape index (κ3) is 6.70. The number of esters is 1. The lowest BCUT2D eigenvalue weighted by Crippen LogP contribution is -2.46. The molecule has 1 aromatic carbocycles. The number of hydrogen-bond acceptors (Lipinski definition) is 4. The maximum Gasteiger partial charge on any atom is 0.329 e. The molecular weight excluding hydrogens is 332 g/mol. The second kappa shape index (κ2) is 10.4. The summed E-state index contributed by atoms with van der Waals surface area (Å²) < 4.78 is 5.15. The second-order valence-electron chi connectivity index (χ2n) is 6.53. The number of carbonyl (C=O) groups is 3. The van der Waals surface area contributed by atoms with Crippen molar-refractivity contribution in [2.45, 2.75) is 33.7 Å². The fourth-order valence-corrected chi connectivity index (χ4v) is 2.33. The van der Waals surface area contributed by atoms with Gasteiger partial charge in [-0.3, -0.25) is 9.59 Å². The van der Waals surface area contributed by atoms with E-state index in [1.165, 1.54) is 0 Å². The Morgan fingerprint density at radius 3 is 2.31 bits per heavy atom. The van der Waals surface area contributed by atoms with Gasteiger partial charge in [0.25, 0.3) is 11.8 Å². The minimum absolute atomic E-state index is 0.178. The highest BCUT2D eigenvalue weighted by molar-refractivity contribution is 5.97. The smallest absolute Gasteiger partial charge is 0.329 e. The van der Waals surface area contributed by atoms with Gasteiger partial charge in [-0.05, 0) is 31.9 Å². The van der Waals surface area contributed by atoms with Gasteiger partial charge in [0.15, 0.2) is 6.61 Å². The Balaban J connectivity index is 2.67. The number of benzene rings is 1. The van der Waals surface area contributed by atoms with E-state index in [4.69, 9.17) is 4.74 Å². The Kier molecular flexibility index (Phi) is 8.55. The van der Waals surface area contributed by atoms with Crippen LogP contribution in [0.4, 0.5) is 0 Å². The van der Waals surface area contributed by atoms with Gasteiger partial charge in [-0.25, -0.2) is 4.79 Å². The SMILES string of the molecule is C=C(C)CN(CC)C(=O)COC(=O)C(NC(=O)c1ccccc1)C(C)C. The van der Waals surface area contributed by atoms with Crippen molar-refractivity contribution in [2.24, 2.45) is 5.92 Å². The number of amides is 2. The quantitative estimate of drug-likeness (QED) is 0.542. The van der Waals surface area contributed by atoms with Gasteiger partial charge in [0, 0.05) is 18.7 Å². The fourth-order valence-electron chi connectivity index (χ4n) is 2.33. The van der Waals surface area contributed by atoms with E-state index in [0.29, 0.717) is 18.7 Å². The molecule has 142 valence electrons. The molecule has 0 fully saturated rings. The summed E-state index contributed by atoms with van der Waals surface area (Å²) in [5.41, 5.74) is 1.31. The summed E-state index contributed by atoms with van der Waals surface area (Å²) in [5.74, 6) is -1.45. The van der Waals surface area contributed by atoms with Crippen molar-refractivity contribution in [3.8, 4) is 0 Å². The van der Waals surface area contributed by atoms with E-state index in [1.54, 1.807) is 49.1 Å². The first-order valence-electron chi connectivity index (χ1n) is 8.71. The lowest BCUT2D eigenvalue weighted by molar-refractivity contribution is -0.154. The van der Waals surface area contributed by atoms with Gasteiger partial charge in [-0.1, -0.05) is 44.2 Å². The van der Waals surface area contributed by atoms with Gasteiger partial charge in [-0.15, -0.1) is 0 Å². The first-order valence-corrected chi connectivity index (χ1v) is 8.71. The maximum atomic E-state index is 12.4. The number of likely N-dealkylation sites (N-methyl/N-ethyl adjacent to an activating group) is 1. The topological polar surface area (TPSA) is 75.7 Å². The maximum absolute atomic E-state index is 12.4. The molecule has 0 aliphatic carbocycles. The molecule has 0 heterocycles. The molecule has 1 unspecified atom stereocenters. The number of nitrogens with zero attached hydrogens (tertiary/aromatic N) is 1. The highest BCUT2D eigenvalue weighted by atomic mass is 16.5. The van der Waals surface area contributed by atoms with E-state index >= 15 is 0 Å². The monoisotopic (exact) mass is 360 g/mol. The lowest BCUT2D eigenvalue weighted by Gasteiger charge is -2.23. The van der Waals surface area contributed by atoms with Gasteiger partial charge in [-0.2, -0.15) is 0 Å². The Morgan fingerprint density at radius 1 is 1.19 bits per heavy atom. The second-order valence-corrected chi connectivity index (χ2v) is 6.53. The van der Waals surface area contributed by atoms with Crippen molar-refractivity contribution < 1.29 is 19.1 Å². The molecular formula is C20H28N2O4. The van der Waals surface area contributed by atoms with Gasteiger partial charge in [0.2, 0.25) is 0 Å². The molecule has 0 spiro atoms. The molecule has 0 saturated carbocycles. The standard InChI is InChI=1S/C20H28N2O4/c1-6-22(12-14(2)3)17(23)13-26-20(25)18(15(4)5)21-19(24)16-10-8-7-9-11-16/h7-11,15,18H,2,6,12-13H2,1,3-5H3,(H,21,24). The van der Waals surface area contributed by atoms with E-state index in [2.05, 4.69) is 11.9 Å². The third-order valence-electron chi connectivity index (χ3n) is 3.78. The van der Waals surface area contributed by atoms with Crippen LogP contribution in [0.15, 0.2) is 42.5 Å². The Bertz CT molecular complexity index is 640. The van der Waals surface area contributed by atoms with Crippen LogP contribution in [0.25, 0.3) is 0 Å². The molecule has 0 bridgehead atoms.